The number of thioether (sulfide) groups is 1. The maximum Gasteiger partial charge on any atom is 0.150 e. The van der Waals surface area contributed by atoms with Crippen molar-refractivity contribution >= 4 is 17.5 Å². The fourth-order valence-corrected chi connectivity index (χ4v) is 3.66. The van der Waals surface area contributed by atoms with E-state index in [9.17, 15) is 4.79 Å². The van der Waals surface area contributed by atoms with E-state index >= 15 is 0 Å². The molecule has 3 nitrogen and oxygen atoms in total. The normalized spacial score (nSPS) is 21.7. The molecule has 0 N–H and O–H groups in total. The van der Waals surface area contributed by atoms with Crippen molar-refractivity contribution in [1.82, 2.24) is 9.80 Å². The lowest BCUT2D eigenvalue weighted by molar-refractivity contribution is -0.114. The third-order valence-electron chi connectivity index (χ3n) is 3.36. The average Bonchev–Trinajstić information content (AvgIpc) is 2.50. The molecule has 16 heavy (non-hydrogen) atoms. The van der Waals surface area contributed by atoms with E-state index < -0.39 is 0 Å². The van der Waals surface area contributed by atoms with Crippen LogP contribution in [-0.4, -0.2) is 40.9 Å². The van der Waals surface area contributed by atoms with Gasteiger partial charge in [0.05, 0.1) is 5.75 Å². The number of ketones is 1. The van der Waals surface area contributed by atoms with Crippen molar-refractivity contribution in [2.75, 3.05) is 19.8 Å². The zero-order valence-corrected chi connectivity index (χ0v) is 11.1. The summed E-state index contributed by atoms with van der Waals surface area (Å²) in [6.45, 7) is 1.66. The Labute approximate surface area is 102 Å². The van der Waals surface area contributed by atoms with E-state index in [1.807, 2.05) is 0 Å². The molecule has 0 radical (unpaired) electrons. The van der Waals surface area contributed by atoms with Crippen LogP contribution in [-0.2, 0) is 4.79 Å². The van der Waals surface area contributed by atoms with Crippen molar-refractivity contribution in [3.05, 3.63) is 11.4 Å². The molecule has 0 bridgehead atoms. The van der Waals surface area contributed by atoms with E-state index in [4.69, 9.17) is 0 Å². The average molecular weight is 240 g/mol. The second-order valence-electron chi connectivity index (χ2n) is 4.66. The summed E-state index contributed by atoms with van der Waals surface area (Å²) in [6.07, 6.45) is 5.02. The molecule has 1 aliphatic heterocycles. The quantitative estimate of drug-likeness (QED) is 0.755. The minimum atomic E-state index is 0.261. The van der Waals surface area contributed by atoms with Gasteiger partial charge in [0.1, 0.15) is 11.3 Å². The molecule has 1 aliphatic carbocycles. The number of carbonyl (C=O) groups excluding carboxylic acids is 1. The van der Waals surface area contributed by atoms with Gasteiger partial charge in [-0.1, -0.05) is 0 Å². The maximum atomic E-state index is 11.1. The molecule has 4 heteroatoms. The van der Waals surface area contributed by atoms with Crippen molar-refractivity contribution in [2.24, 2.45) is 0 Å². The number of hydrogen-bond donors (Lipinski definition) is 0. The molecular formula is C12H20N2OS. The van der Waals surface area contributed by atoms with Gasteiger partial charge in [0.2, 0.25) is 0 Å². The predicted octanol–water partition coefficient (Wildman–Crippen LogP) is 2.26. The highest BCUT2D eigenvalue weighted by Crippen LogP contribution is 2.40. The van der Waals surface area contributed by atoms with Crippen molar-refractivity contribution < 1.29 is 4.79 Å². The molecule has 0 aromatic heterocycles. The molecule has 0 fully saturated rings. The fourth-order valence-electron chi connectivity index (χ4n) is 2.58. The topological polar surface area (TPSA) is 23.6 Å². The first-order chi connectivity index (χ1) is 7.61. The summed E-state index contributed by atoms with van der Waals surface area (Å²) >= 11 is 1.74. The third-order valence-corrected chi connectivity index (χ3v) is 4.86. The van der Waals surface area contributed by atoms with E-state index in [1.165, 1.54) is 37.1 Å². The zero-order valence-electron chi connectivity index (χ0n) is 10.3. The van der Waals surface area contributed by atoms with E-state index in [1.54, 1.807) is 18.7 Å². The lowest BCUT2D eigenvalue weighted by atomic mass is 10.0. The smallest absolute Gasteiger partial charge is 0.150 e. The van der Waals surface area contributed by atoms with Gasteiger partial charge in [0, 0.05) is 25.5 Å². The summed E-state index contributed by atoms with van der Waals surface area (Å²) in [4.78, 5) is 15.8. The van der Waals surface area contributed by atoms with Gasteiger partial charge in [-0.05, 0) is 32.6 Å². The summed E-state index contributed by atoms with van der Waals surface area (Å²) in [5.74, 6) is 0.872. The number of hydrogen-bond acceptors (Lipinski definition) is 4. The van der Waals surface area contributed by atoms with Gasteiger partial charge in [-0.2, -0.15) is 0 Å². The lowest BCUT2D eigenvalue weighted by Crippen LogP contribution is -2.33. The minimum Gasteiger partial charge on any atom is -0.348 e. The van der Waals surface area contributed by atoms with Crippen molar-refractivity contribution in [2.45, 2.75) is 38.1 Å². The Kier molecular flexibility index (Phi) is 3.47. The summed E-state index contributed by atoms with van der Waals surface area (Å²) in [6, 6.07) is 0. The van der Waals surface area contributed by atoms with Crippen LogP contribution in [0.1, 0.15) is 32.6 Å². The summed E-state index contributed by atoms with van der Waals surface area (Å²) in [7, 11) is 4.31. The van der Waals surface area contributed by atoms with Crippen LogP contribution in [0.3, 0.4) is 0 Å². The number of allylic oxidation sites excluding steroid dienone is 2. The van der Waals surface area contributed by atoms with E-state index in [0.29, 0.717) is 11.3 Å². The lowest BCUT2D eigenvalue weighted by Gasteiger charge is -2.28. The standard InChI is InChI=1S/C12H20N2OS/c1-9(15)8-16-12-13(2)10-6-4-5-7-11(10)14(12)3/h12H,4-8H2,1-3H3. The minimum absolute atomic E-state index is 0.261. The van der Waals surface area contributed by atoms with Crippen LogP contribution in [0.5, 0.6) is 0 Å². The van der Waals surface area contributed by atoms with Crippen LogP contribution in [0.25, 0.3) is 0 Å². The Morgan fingerprint density at radius 1 is 1.25 bits per heavy atom. The van der Waals surface area contributed by atoms with Crippen LogP contribution >= 0.6 is 11.8 Å². The van der Waals surface area contributed by atoms with E-state index in [-0.39, 0.29) is 5.78 Å². The Balaban J connectivity index is 2.05. The van der Waals surface area contributed by atoms with Crippen LogP contribution in [0.15, 0.2) is 11.4 Å². The third kappa shape index (κ3) is 2.08. The van der Waals surface area contributed by atoms with E-state index in [0.717, 1.165) is 0 Å². The van der Waals surface area contributed by atoms with Gasteiger partial charge >= 0.3 is 0 Å². The Bertz CT molecular complexity index is 305. The molecular weight excluding hydrogens is 220 g/mol. The molecule has 90 valence electrons. The zero-order chi connectivity index (χ0) is 11.7. The summed E-state index contributed by atoms with van der Waals surface area (Å²) in [5, 5.41) is 0. The van der Waals surface area contributed by atoms with Crippen molar-refractivity contribution in [3.8, 4) is 0 Å². The second-order valence-corrected chi connectivity index (χ2v) is 5.71. The highest BCUT2D eigenvalue weighted by molar-refractivity contribution is 8.00. The van der Waals surface area contributed by atoms with Gasteiger partial charge in [0.25, 0.3) is 0 Å². The Hall–Kier alpha value is -0.640. The molecule has 0 aromatic rings. The first kappa shape index (κ1) is 11.8. The Morgan fingerprint density at radius 2 is 1.75 bits per heavy atom. The number of Topliss-reactive ketones (excluding diaryl/α,β-unsaturated/α-hetero) is 1. The summed E-state index contributed by atoms with van der Waals surface area (Å²) < 4.78 is 0. The van der Waals surface area contributed by atoms with Crippen LogP contribution in [0.2, 0.25) is 0 Å². The highest BCUT2D eigenvalue weighted by atomic mass is 32.2. The first-order valence-corrected chi connectivity index (χ1v) is 6.95. The number of carbonyl (C=O) groups is 1. The summed E-state index contributed by atoms with van der Waals surface area (Å²) in [5.41, 5.74) is 3.32. The monoisotopic (exact) mass is 240 g/mol. The van der Waals surface area contributed by atoms with Crippen LogP contribution < -0.4 is 0 Å². The number of rotatable bonds is 3. The molecule has 0 saturated heterocycles. The maximum absolute atomic E-state index is 11.1. The van der Waals surface area contributed by atoms with Crippen LogP contribution in [0, 0.1) is 0 Å². The van der Waals surface area contributed by atoms with Gasteiger partial charge in [0.15, 0.2) is 0 Å². The van der Waals surface area contributed by atoms with Crippen molar-refractivity contribution in [1.29, 1.82) is 0 Å². The molecule has 0 saturated carbocycles. The predicted molar refractivity (Wildman–Crippen MR) is 67.9 cm³/mol. The van der Waals surface area contributed by atoms with Crippen molar-refractivity contribution in [3.63, 3.8) is 0 Å². The van der Waals surface area contributed by atoms with Gasteiger partial charge in [-0.15, -0.1) is 11.8 Å². The largest absolute Gasteiger partial charge is 0.348 e. The SMILES string of the molecule is CC(=O)CSC1N(C)C2=C(CCCC2)N1C. The molecule has 0 atom stereocenters. The van der Waals surface area contributed by atoms with Gasteiger partial charge in [-0.3, -0.25) is 4.79 Å². The number of nitrogens with zero attached hydrogens (tertiary/aromatic N) is 2. The molecule has 2 aliphatic rings. The molecule has 0 aromatic carbocycles. The molecule has 0 unspecified atom stereocenters. The molecule has 2 rings (SSSR count). The fraction of sp³-hybridized carbons (Fsp3) is 0.750. The Morgan fingerprint density at radius 3 is 2.19 bits per heavy atom. The van der Waals surface area contributed by atoms with Crippen LogP contribution in [0.4, 0.5) is 0 Å². The second kappa shape index (κ2) is 4.70. The highest BCUT2D eigenvalue weighted by Gasteiger charge is 2.34. The molecule has 1 heterocycles. The first-order valence-electron chi connectivity index (χ1n) is 5.90. The molecule has 0 amide bonds. The van der Waals surface area contributed by atoms with Gasteiger partial charge in [-0.25, -0.2) is 0 Å². The van der Waals surface area contributed by atoms with Gasteiger partial charge < -0.3 is 9.80 Å². The molecule has 0 spiro atoms. The van der Waals surface area contributed by atoms with E-state index in [2.05, 4.69) is 23.9 Å².